The van der Waals surface area contributed by atoms with Crippen LogP contribution < -0.4 is 0 Å². The molecule has 1 aliphatic rings. The van der Waals surface area contributed by atoms with Crippen LogP contribution in [0.3, 0.4) is 0 Å². The van der Waals surface area contributed by atoms with Gasteiger partial charge in [-0.3, -0.25) is 0 Å². The van der Waals surface area contributed by atoms with Gasteiger partial charge in [-0.2, -0.15) is 0 Å². The summed E-state index contributed by atoms with van der Waals surface area (Å²) < 4.78 is 0. The van der Waals surface area contributed by atoms with Crippen molar-refractivity contribution in [2.75, 3.05) is 0 Å². The molecule has 0 aliphatic heterocycles. The maximum Gasteiger partial charge on any atom is 0.353 e. The quantitative estimate of drug-likeness (QED) is 0.753. The first-order valence-electron chi connectivity index (χ1n) is 4.75. The van der Waals surface area contributed by atoms with Gasteiger partial charge in [-0.15, -0.1) is 0 Å². The zero-order valence-corrected chi connectivity index (χ0v) is 7.79. The average Bonchev–Trinajstić information content (AvgIpc) is 2.68. The van der Waals surface area contributed by atoms with E-state index in [1.54, 1.807) is 0 Å². The van der Waals surface area contributed by atoms with E-state index in [2.05, 4.69) is 16.0 Å². The molecule has 4 heteroatoms. The van der Waals surface area contributed by atoms with Crippen LogP contribution in [-0.2, 0) is 0 Å². The third-order valence-electron chi connectivity index (χ3n) is 2.40. The standard InChI is InChI=1S/C10H12N2O2/c13-10(14)8-6-11-9(12-8)7-4-2-1-3-5-7/h4,6H,1-3,5H2,(H,11,12)(H,13,14). The summed E-state index contributed by atoms with van der Waals surface area (Å²) in [6.07, 6.45) is 7.94. The molecule has 0 fully saturated rings. The largest absolute Gasteiger partial charge is 0.477 e. The summed E-state index contributed by atoms with van der Waals surface area (Å²) in [5.74, 6) is -0.248. The fraction of sp³-hybridized carbons (Fsp3) is 0.400. The third kappa shape index (κ3) is 1.69. The number of nitrogens with one attached hydrogen (secondary N) is 1. The first-order valence-corrected chi connectivity index (χ1v) is 4.75. The zero-order chi connectivity index (χ0) is 9.97. The van der Waals surface area contributed by atoms with Gasteiger partial charge in [-0.25, -0.2) is 9.78 Å². The van der Waals surface area contributed by atoms with E-state index in [1.165, 1.54) is 12.6 Å². The molecule has 14 heavy (non-hydrogen) atoms. The Morgan fingerprint density at radius 2 is 2.36 bits per heavy atom. The molecule has 0 saturated heterocycles. The molecule has 0 bridgehead atoms. The van der Waals surface area contributed by atoms with Gasteiger partial charge >= 0.3 is 5.97 Å². The number of carboxylic acid groups (broad SMARTS) is 1. The lowest BCUT2D eigenvalue weighted by atomic mass is 9.99. The van der Waals surface area contributed by atoms with Gasteiger partial charge in [0, 0.05) is 0 Å². The van der Waals surface area contributed by atoms with Gasteiger partial charge in [0.2, 0.25) is 0 Å². The molecule has 4 nitrogen and oxygen atoms in total. The van der Waals surface area contributed by atoms with Crippen molar-refractivity contribution in [3.05, 3.63) is 23.8 Å². The Hall–Kier alpha value is -1.58. The summed E-state index contributed by atoms with van der Waals surface area (Å²) in [5.41, 5.74) is 1.30. The van der Waals surface area contributed by atoms with E-state index in [1.807, 2.05) is 0 Å². The monoisotopic (exact) mass is 192 g/mol. The molecule has 2 N–H and O–H groups in total. The molecule has 1 aliphatic carbocycles. The minimum Gasteiger partial charge on any atom is -0.477 e. The van der Waals surface area contributed by atoms with Crippen LogP contribution in [0.4, 0.5) is 0 Å². The number of aromatic nitrogens is 2. The molecule has 1 heterocycles. The summed E-state index contributed by atoms with van der Waals surface area (Å²) in [4.78, 5) is 17.5. The smallest absolute Gasteiger partial charge is 0.353 e. The Balaban J connectivity index is 2.23. The van der Waals surface area contributed by atoms with Crippen molar-refractivity contribution in [1.29, 1.82) is 0 Å². The number of hydrogen-bond acceptors (Lipinski definition) is 2. The summed E-state index contributed by atoms with van der Waals surface area (Å²) >= 11 is 0. The normalized spacial score (nSPS) is 16.4. The molecule has 0 radical (unpaired) electrons. The predicted molar refractivity (Wildman–Crippen MR) is 52.0 cm³/mol. The highest BCUT2D eigenvalue weighted by Crippen LogP contribution is 2.24. The van der Waals surface area contributed by atoms with Crippen LogP contribution in [-0.4, -0.2) is 21.0 Å². The lowest BCUT2D eigenvalue weighted by molar-refractivity contribution is 0.0691. The van der Waals surface area contributed by atoms with Gasteiger partial charge in [0.15, 0.2) is 0 Å². The topological polar surface area (TPSA) is 66.0 Å². The van der Waals surface area contributed by atoms with Crippen LogP contribution in [0.25, 0.3) is 5.57 Å². The molecule has 1 aromatic rings. The molecule has 74 valence electrons. The van der Waals surface area contributed by atoms with Crippen molar-refractivity contribution in [3.63, 3.8) is 0 Å². The Morgan fingerprint density at radius 1 is 1.50 bits per heavy atom. The second kappa shape index (κ2) is 3.65. The van der Waals surface area contributed by atoms with Crippen molar-refractivity contribution >= 4 is 11.5 Å². The van der Waals surface area contributed by atoms with Crippen LogP contribution in [0.2, 0.25) is 0 Å². The van der Waals surface area contributed by atoms with E-state index in [0.29, 0.717) is 5.82 Å². The minimum atomic E-state index is -0.958. The van der Waals surface area contributed by atoms with E-state index >= 15 is 0 Å². The van der Waals surface area contributed by atoms with Gasteiger partial charge in [-0.1, -0.05) is 6.08 Å². The van der Waals surface area contributed by atoms with Crippen molar-refractivity contribution in [2.24, 2.45) is 0 Å². The predicted octanol–water partition coefficient (Wildman–Crippen LogP) is 2.07. The van der Waals surface area contributed by atoms with Crippen LogP contribution in [0.15, 0.2) is 12.3 Å². The summed E-state index contributed by atoms with van der Waals surface area (Å²) in [5, 5.41) is 8.71. The van der Waals surface area contributed by atoms with Crippen LogP contribution >= 0.6 is 0 Å². The highest BCUT2D eigenvalue weighted by Gasteiger charge is 2.12. The molecule has 0 aromatic carbocycles. The number of aromatic amines is 1. The van der Waals surface area contributed by atoms with Gasteiger partial charge in [0.05, 0.1) is 6.20 Å². The lowest BCUT2D eigenvalue weighted by Gasteiger charge is -2.09. The maximum atomic E-state index is 10.6. The van der Waals surface area contributed by atoms with E-state index in [4.69, 9.17) is 5.11 Å². The SMILES string of the molecule is O=C(O)c1cnc(C2=CCCCC2)[nH]1. The Bertz CT molecular complexity index is 379. The third-order valence-corrected chi connectivity index (χ3v) is 2.40. The molecule has 0 atom stereocenters. The van der Waals surface area contributed by atoms with Crippen LogP contribution in [0, 0.1) is 0 Å². The number of allylic oxidation sites excluding steroid dienone is 2. The number of carbonyl (C=O) groups is 1. The molecule has 0 unspecified atom stereocenters. The number of nitrogens with zero attached hydrogens (tertiary/aromatic N) is 1. The van der Waals surface area contributed by atoms with E-state index in [-0.39, 0.29) is 5.69 Å². The van der Waals surface area contributed by atoms with E-state index < -0.39 is 5.97 Å². The maximum absolute atomic E-state index is 10.6. The number of imidazole rings is 1. The fourth-order valence-electron chi connectivity index (χ4n) is 1.65. The minimum absolute atomic E-state index is 0.159. The number of rotatable bonds is 2. The Morgan fingerprint density at radius 3 is 2.93 bits per heavy atom. The van der Waals surface area contributed by atoms with Crippen LogP contribution in [0.5, 0.6) is 0 Å². The van der Waals surface area contributed by atoms with Crippen molar-refractivity contribution in [2.45, 2.75) is 25.7 Å². The van der Waals surface area contributed by atoms with Gasteiger partial charge in [0.25, 0.3) is 0 Å². The zero-order valence-electron chi connectivity index (χ0n) is 7.79. The summed E-state index contributed by atoms with van der Waals surface area (Å²) in [6, 6.07) is 0. The lowest BCUT2D eigenvalue weighted by Crippen LogP contribution is -1.97. The number of hydrogen-bond donors (Lipinski definition) is 2. The molecular weight excluding hydrogens is 180 g/mol. The average molecular weight is 192 g/mol. The highest BCUT2D eigenvalue weighted by molar-refractivity contribution is 5.85. The summed E-state index contributed by atoms with van der Waals surface area (Å²) in [7, 11) is 0. The Kier molecular flexibility index (Phi) is 2.35. The second-order valence-electron chi connectivity index (χ2n) is 3.43. The van der Waals surface area contributed by atoms with Crippen molar-refractivity contribution in [1.82, 2.24) is 9.97 Å². The van der Waals surface area contributed by atoms with Crippen molar-refractivity contribution < 1.29 is 9.90 Å². The van der Waals surface area contributed by atoms with Gasteiger partial charge < -0.3 is 10.1 Å². The van der Waals surface area contributed by atoms with Gasteiger partial charge in [-0.05, 0) is 31.3 Å². The van der Waals surface area contributed by atoms with Gasteiger partial charge in [0.1, 0.15) is 11.5 Å². The molecule has 0 saturated carbocycles. The first-order chi connectivity index (χ1) is 6.77. The second-order valence-corrected chi connectivity index (χ2v) is 3.43. The molecule has 0 spiro atoms. The number of aromatic carboxylic acids is 1. The highest BCUT2D eigenvalue weighted by atomic mass is 16.4. The molecule has 1 aromatic heterocycles. The summed E-state index contributed by atoms with van der Waals surface area (Å²) in [6.45, 7) is 0. The number of carboxylic acids is 1. The van der Waals surface area contributed by atoms with E-state index in [0.717, 1.165) is 24.8 Å². The molecule has 2 rings (SSSR count). The Labute approximate surface area is 81.7 Å². The fourth-order valence-corrected chi connectivity index (χ4v) is 1.65. The van der Waals surface area contributed by atoms with E-state index in [9.17, 15) is 4.79 Å². The molecule has 0 amide bonds. The number of H-pyrrole nitrogens is 1. The first kappa shape index (κ1) is 8.99. The van der Waals surface area contributed by atoms with Crippen molar-refractivity contribution in [3.8, 4) is 0 Å². The van der Waals surface area contributed by atoms with Crippen LogP contribution in [0.1, 0.15) is 42.0 Å². The molecular formula is C10H12N2O2.